The van der Waals surface area contributed by atoms with Gasteiger partial charge in [-0.3, -0.25) is 10.1 Å². The van der Waals surface area contributed by atoms with E-state index < -0.39 is 9.84 Å². The van der Waals surface area contributed by atoms with Gasteiger partial charge in [0.2, 0.25) is 35.7 Å². The molecule has 0 aliphatic carbocycles. The summed E-state index contributed by atoms with van der Waals surface area (Å²) in [6.45, 7) is 23.8. The van der Waals surface area contributed by atoms with Gasteiger partial charge >= 0.3 is 0 Å². The molecule has 1 fully saturated rings. The maximum absolute atomic E-state index is 13.1. The molecule has 18 rings (SSSR count). The molecule has 1 atom stereocenters. The van der Waals surface area contributed by atoms with Crippen LogP contribution in [-0.2, 0) is 48.4 Å². The molecule has 140 heavy (non-hydrogen) atoms. The maximum Gasteiger partial charge on any atom is 0.225 e. The molecule has 1 aliphatic rings. The van der Waals surface area contributed by atoms with Gasteiger partial charge in [-0.05, 0) is 278 Å². The first-order chi connectivity index (χ1) is 67.5. The summed E-state index contributed by atoms with van der Waals surface area (Å²) in [4.78, 5) is 65.9. The van der Waals surface area contributed by atoms with E-state index in [9.17, 15) is 12.8 Å². The molecule has 1 unspecified atom stereocenters. The van der Waals surface area contributed by atoms with Crippen molar-refractivity contribution in [2.45, 2.75) is 132 Å². The molecule has 31 heteroatoms. The van der Waals surface area contributed by atoms with Gasteiger partial charge in [-0.25, -0.2) is 72.3 Å². The van der Waals surface area contributed by atoms with Crippen LogP contribution in [0.3, 0.4) is 0 Å². The minimum Gasteiger partial charge on any atom is -0.378 e. The van der Waals surface area contributed by atoms with Crippen LogP contribution in [-0.4, -0.2) is 144 Å². The lowest BCUT2D eigenvalue weighted by molar-refractivity contribution is 0.387. The Morgan fingerprint density at radius 2 is 0.886 bits per heavy atom. The van der Waals surface area contributed by atoms with Crippen molar-refractivity contribution >= 4 is 62.9 Å². The van der Waals surface area contributed by atoms with Crippen LogP contribution in [0.25, 0.3) is 73.4 Å². The Labute approximate surface area is 817 Å². The Hall–Kier alpha value is -16.2. The number of nitrogens with zero attached hydrogens (tertiary/aromatic N) is 19. The predicted octanol–water partition coefficient (Wildman–Crippen LogP) is 19.0. The van der Waals surface area contributed by atoms with E-state index in [1.165, 1.54) is 80.7 Å². The van der Waals surface area contributed by atoms with Gasteiger partial charge < -0.3 is 49.1 Å². The third kappa shape index (κ3) is 27.2. The van der Waals surface area contributed by atoms with Crippen LogP contribution in [0.15, 0.2) is 260 Å². The molecule has 0 radical (unpaired) electrons. The number of hydrogen-bond donors (Lipinski definition) is 8. The second kappa shape index (κ2) is 47.1. The quantitative estimate of drug-likeness (QED) is 0.0237. The Bertz CT molecular complexity index is 7170. The van der Waals surface area contributed by atoms with Gasteiger partial charge in [0.25, 0.3) is 0 Å². The second-order valence-electron chi connectivity index (χ2n) is 35.0. The fourth-order valence-corrected chi connectivity index (χ4v) is 17.5. The number of piperidine rings is 1. The van der Waals surface area contributed by atoms with Crippen molar-refractivity contribution in [1.82, 2.24) is 89.8 Å². The highest BCUT2D eigenvalue weighted by Crippen LogP contribution is 2.34. The van der Waals surface area contributed by atoms with Gasteiger partial charge in [-0.2, -0.15) is 20.2 Å². The molecule has 0 bridgehead atoms. The Morgan fingerprint density at radius 3 is 1.36 bits per heavy atom. The van der Waals surface area contributed by atoms with E-state index >= 15 is 0 Å². The number of benzene rings is 8. The molecule has 17 aromatic rings. The highest BCUT2D eigenvalue weighted by molar-refractivity contribution is 7.91. The number of aromatic amines is 1. The average Bonchev–Trinajstić information content (AvgIpc) is 1.39. The molecular weight excluding hydrogens is 1770 g/mol. The molecule has 8 aromatic carbocycles. The van der Waals surface area contributed by atoms with Gasteiger partial charge in [-0.1, -0.05) is 121 Å². The van der Waals surface area contributed by atoms with Crippen LogP contribution < -0.4 is 49.1 Å². The summed E-state index contributed by atoms with van der Waals surface area (Å²) in [6, 6.07) is 69.6. The van der Waals surface area contributed by atoms with Crippen molar-refractivity contribution in [2.75, 3.05) is 95.1 Å². The third-order valence-corrected chi connectivity index (χ3v) is 26.6. The van der Waals surface area contributed by atoms with Crippen molar-refractivity contribution in [1.29, 1.82) is 0 Å². The van der Waals surface area contributed by atoms with E-state index in [1.54, 1.807) is 65.6 Å². The first-order valence-electron chi connectivity index (χ1n) is 46.7. The summed E-state index contributed by atoms with van der Waals surface area (Å²) in [5, 5.41) is 17.9. The summed E-state index contributed by atoms with van der Waals surface area (Å²) in [5.41, 5.74) is 59.6. The van der Waals surface area contributed by atoms with Crippen LogP contribution >= 0.6 is 0 Å². The van der Waals surface area contributed by atoms with Crippen molar-refractivity contribution in [3.63, 3.8) is 0 Å². The van der Waals surface area contributed by atoms with E-state index in [-0.39, 0.29) is 36.0 Å². The maximum atomic E-state index is 13.1. The monoisotopic (exact) mass is 1890 g/mol. The van der Waals surface area contributed by atoms with Gasteiger partial charge in [0, 0.05) is 146 Å². The standard InChI is InChI=1S/C23H22FN5.C23H28N6.C22H26N4.C21H22N8.C20H22N4O2S/c1-15-4-3-5-21(16(15)2)22-12-19(27-23(25)28-22)9-6-17-13-26-29(14-17)20-10-7-18(24)8-11-20;1-16-6-3-8-20(17(16)2)21-14-19(27-22(24)28-21)10-9-18-7-4-13-29(15-18)23-25-11-5-12-26-23;1-15-6-5-7-20(16(15)2)21-14-18(24-22(23)25-21)11-8-17-9-12-19(13-10-17)26(3)4;1-13-4-3-5-16(14(13)2)17-12-19(27-21(22)25-17)24-11-8-18-26-20(29-28-18)15-6-9-23-10-7-15;1-14-7-6-10-17(15(14)2)18-13-19(24-20(21)23-18)22-11-12-27(25,26)16-8-4-3-5-9-16/h3-5,7-8,10-14H,6,9H2,1-2H3,(H2,25,27,28);3,5-6,8,11-12,14,18H,4,7,9-10,13,15H2,1-2H3,(H2,24,27,28);5-7,9-10,12-14H,8,11H2,1-4H3,(H2,23,24,25);3-7,9-10,12H,8,11H2,1-2H3,(H,26,28,29)(H3,22,24,25,27);3-10,13H,11-12H2,1-2H3,(H3,21,22,23,24). The predicted molar refractivity (Wildman–Crippen MR) is 560 cm³/mol. The number of nitrogen functional groups attached to an aromatic ring is 5. The zero-order valence-electron chi connectivity index (χ0n) is 81.2. The van der Waals surface area contributed by atoms with Crippen molar-refractivity contribution < 1.29 is 12.8 Å². The number of aromatic nitrogens is 18. The van der Waals surface area contributed by atoms with Gasteiger partial charge in [0.15, 0.2) is 15.7 Å². The second-order valence-corrected chi connectivity index (χ2v) is 37.1. The molecule has 29 nitrogen and oxygen atoms in total. The lowest BCUT2D eigenvalue weighted by Gasteiger charge is -2.32. The Balaban J connectivity index is 0.000000139. The van der Waals surface area contributed by atoms with Gasteiger partial charge in [0.05, 0.1) is 51.0 Å². The van der Waals surface area contributed by atoms with Crippen LogP contribution in [0.5, 0.6) is 0 Å². The number of aryl methyl sites for hydroxylation is 10. The highest BCUT2D eigenvalue weighted by atomic mass is 32.2. The van der Waals surface area contributed by atoms with Crippen molar-refractivity contribution in [3.8, 4) is 73.4 Å². The number of nitrogens with one attached hydrogen (secondary N) is 3. The topological polar surface area (TPSA) is 422 Å². The molecule has 1 saturated heterocycles. The number of H-pyrrole nitrogens is 1. The third-order valence-electron chi connectivity index (χ3n) is 24.9. The molecule has 10 heterocycles. The zero-order chi connectivity index (χ0) is 98.9. The van der Waals surface area contributed by atoms with Crippen LogP contribution in [0.2, 0.25) is 0 Å². The van der Waals surface area contributed by atoms with E-state index in [4.69, 9.17) is 28.7 Å². The molecule has 0 spiro atoms. The van der Waals surface area contributed by atoms with Gasteiger partial charge in [0.1, 0.15) is 23.3 Å². The molecule has 13 N–H and O–H groups in total. The zero-order valence-corrected chi connectivity index (χ0v) is 82.0. The first-order valence-corrected chi connectivity index (χ1v) is 48.3. The minimum absolute atomic E-state index is 0.0419. The van der Waals surface area contributed by atoms with Crippen molar-refractivity contribution in [3.05, 3.63) is 351 Å². The lowest BCUT2D eigenvalue weighted by atomic mass is 9.92. The number of sulfone groups is 1. The van der Waals surface area contributed by atoms with Crippen molar-refractivity contribution in [2.24, 2.45) is 5.92 Å². The normalized spacial score (nSPS) is 12.2. The average molecular weight is 1890 g/mol. The minimum atomic E-state index is -3.35. The summed E-state index contributed by atoms with van der Waals surface area (Å²) in [6.07, 6.45) is 19.1. The number of pyridine rings is 1. The molecule has 716 valence electrons. The number of hydrogen-bond acceptors (Lipinski definition) is 27. The van der Waals surface area contributed by atoms with Gasteiger partial charge in [-0.15, -0.1) is 0 Å². The fourth-order valence-electron chi connectivity index (χ4n) is 16.3. The number of rotatable bonds is 27. The molecule has 1 aliphatic heterocycles. The highest BCUT2D eigenvalue weighted by Gasteiger charge is 2.24. The van der Waals surface area contributed by atoms with Crippen LogP contribution in [0.4, 0.5) is 57.4 Å². The Kier molecular flexibility index (Phi) is 33.5. The SMILES string of the molecule is Cc1cccc(-c2cc(CCC3CCCN(c4ncccn4)C3)nc(N)n2)c1C.Cc1cccc(-c2cc(CCc3ccc(N(C)C)cc3)nc(N)n2)c1C.Cc1cccc(-c2cc(CCc3cnn(-c4ccc(F)cc4)c3)nc(N)n2)c1C.Cc1cccc(-c2cc(NCCS(=O)(=O)c3ccccc3)nc(N)n2)c1C.Cc1cccc(-c2cc(NCCc3nc(-c4ccncc4)n[nH]3)nc(N)n2)c1C. The summed E-state index contributed by atoms with van der Waals surface area (Å²) in [7, 11) is 0.746. The van der Waals surface area contributed by atoms with Crippen LogP contribution in [0.1, 0.15) is 109 Å². The molecule has 9 aromatic heterocycles. The molecule has 0 saturated carbocycles. The first kappa shape index (κ1) is 99.8. The molecular formula is C109H120FN27O2S. The number of nitrogens with two attached hydrogens (primary N) is 5. The summed E-state index contributed by atoms with van der Waals surface area (Å²) < 4.78 is 39.6. The molecule has 0 amide bonds. The van der Waals surface area contributed by atoms with E-state index in [0.717, 1.165) is 159 Å². The number of halogens is 1. The smallest absolute Gasteiger partial charge is 0.225 e. The summed E-state index contributed by atoms with van der Waals surface area (Å²) in [5.74, 6) is 5.11. The van der Waals surface area contributed by atoms with E-state index in [2.05, 4.69) is 252 Å². The Morgan fingerprint density at radius 1 is 0.443 bits per heavy atom. The van der Waals surface area contributed by atoms with E-state index in [1.807, 2.05) is 119 Å². The lowest BCUT2D eigenvalue weighted by Crippen LogP contribution is -2.36. The largest absolute Gasteiger partial charge is 0.378 e. The fraction of sp³-hybridized carbons (Fsp3) is 0.248. The number of anilines is 9. The van der Waals surface area contributed by atoms with Crippen LogP contribution in [0, 0.1) is 81.0 Å². The summed E-state index contributed by atoms with van der Waals surface area (Å²) >= 11 is 0. The van der Waals surface area contributed by atoms with E-state index in [0.29, 0.717) is 58.8 Å².